The molecule has 240 valence electrons. The molecule has 2 heterocycles. The van der Waals surface area contributed by atoms with Gasteiger partial charge in [-0.2, -0.15) is 0 Å². The Hall–Kier alpha value is -6.90. The van der Waals surface area contributed by atoms with Gasteiger partial charge in [0, 0.05) is 38.0 Å². The number of rotatable bonds is 2. The molecule has 2 nitrogen and oxygen atoms in total. The van der Waals surface area contributed by atoms with Crippen LogP contribution in [0.2, 0.25) is 0 Å². The van der Waals surface area contributed by atoms with Crippen molar-refractivity contribution in [3.05, 3.63) is 176 Å². The third-order valence-corrected chi connectivity index (χ3v) is 11.3. The summed E-state index contributed by atoms with van der Waals surface area (Å²) in [5.41, 5.74) is 7.56. The quantitative estimate of drug-likeness (QED) is 0.169. The summed E-state index contributed by atoms with van der Waals surface area (Å²) in [6.45, 7) is 0. The highest BCUT2D eigenvalue weighted by molar-refractivity contribution is 6.44. The summed E-state index contributed by atoms with van der Waals surface area (Å²) in [7, 11) is 0. The number of furan rings is 1. The molecule has 10 aromatic carbocycles. The van der Waals surface area contributed by atoms with Crippen LogP contribution in [0.3, 0.4) is 0 Å². The minimum absolute atomic E-state index is 0.901. The lowest BCUT2D eigenvalue weighted by Gasteiger charge is -2.15. The summed E-state index contributed by atoms with van der Waals surface area (Å²) in [5, 5.41) is 17.4. The summed E-state index contributed by atoms with van der Waals surface area (Å²) >= 11 is 0. The van der Waals surface area contributed by atoms with Crippen LogP contribution in [-0.2, 0) is 0 Å². The Bertz CT molecular complexity index is 3470. The second-order valence-corrected chi connectivity index (χ2v) is 14.0. The molecule has 0 aliphatic rings. The fourth-order valence-electron chi connectivity index (χ4n) is 9.11. The topological polar surface area (TPSA) is 18.1 Å². The second-order valence-electron chi connectivity index (χ2n) is 14.0. The van der Waals surface area contributed by atoms with Crippen molar-refractivity contribution in [3.63, 3.8) is 0 Å². The summed E-state index contributed by atoms with van der Waals surface area (Å²) in [5.74, 6) is 0. The van der Waals surface area contributed by atoms with Crippen LogP contribution >= 0.6 is 0 Å². The molecule has 12 aromatic rings. The molecule has 0 fully saturated rings. The van der Waals surface area contributed by atoms with E-state index in [2.05, 4.69) is 180 Å². The van der Waals surface area contributed by atoms with Crippen LogP contribution in [0.25, 0.3) is 114 Å². The van der Waals surface area contributed by atoms with Gasteiger partial charge in [-0.3, -0.25) is 0 Å². The minimum atomic E-state index is 0.901. The zero-order valence-electron chi connectivity index (χ0n) is 28.1. The molecule has 0 aliphatic heterocycles. The molecule has 0 radical (unpaired) electrons. The number of nitrogens with zero attached hydrogens (tertiary/aromatic N) is 1. The Morgan fingerprint density at radius 2 is 0.942 bits per heavy atom. The van der Waals surface area contributed by atoms with Gasteiger partial charge < -0.3 is 8.98 Å². The first-order valence-corrected chi connectivity index (χ1v) is 17.9. The van der Waals surface area contributed by atoms with Gasteiger partial charge in [0.25, 0.3) is 0 Å². The first-order chi connectivity index (χ1) is 25.8. The molecule has 0 aliphatic carbocycles. The molecule has 52 heavy (non-hydrogen) atoms. The average molecular weight is 660 g/mol. The standard InChI is InChI=1S/C50H29NO/c1-2-15-35-30(12-1)24-25-33-28-32(26-27-36(33)35)31-13-11-14-34(29-31)51-43-22-9-7-20-41(43)47-45-39-18-5-3-16-37(39)38-17-4-6-19-40(38)46(45)48-42-21-8-10-23-44(42)52-50(48)49(47)51/h1-29H. The highest BCUT2D eigenvalue weighted by Crippen LogP contribution is 2.50. The normalized spacial score (nSPS) is 12.2. The zero-order valence-corrected chi connectivity index (χ0v) is 28.1. The lowest BCUT2D eigenvalue weighted by molar-refractivity contribution is 0.671. The van der Waals surface area contributed by atoms with Crippen LogP contribution < -0.4 is 0 Å². The SMILES string of the molecule is c1cc(-c2ccc3c(ccc4ccccc43)c2)cc(-n2c3ccccc3c3c4c5ccccc5c5ccccc5c4c4c5ccccc5oc4c32)c1. The van der Waals surface area contributed by atoms with Crippen LogP contribution in [0.15, 0.2) is 180 Å². The van der Waals surface area contributed by atoms with Gasteiger partial charge in [0.15, 0.2) is 5.58 Å². The maximum atomic E-state index is 7.00. The zero-order chi connectivity index (χ0) is 33.9. The smallest absolute Gasteiger partial charge is 0.160 e. The summed E-state index contributed by atoms with van der Waals surface area (Å²) < 4.78 is 9.45. The van der Waals surface area contributed by atoms with Crippen LogP contribution in [0, 0.1) is 0 Å². The lowest BCUT2D eigenvalue weighted by Crippen LogP contribution is -1.95. The Balaban J connectivity index is 1.24. The Kier molecular flexibility index (Phi) is 5.53. The van der Waals surface area contributed by atoms with Gasteiger partial charge in [-0.1, -0.05) is 146 Å². The van der Waals surface area contributed by atoms with Crippen LogP contribution in [0.4, 0.5) is 0 Å². The molecule has 12 rings (SSSR count). The maximum Gasteiger partial charge on any atom is 0.160 e. The molecule has 2 heteroatoms. The molecular formula is C50H29NO. The maximum absolute atomic E-state index is 7.00. The third kappa shape index (κ3) is 3.68. The summed E-state index contributed by atoms with van der Waals surface area (Å²) in [6.07, 6.45) is 0. The van der Waals surface area contributed by atoms with E-state index < -0.39 is 0 Å². The number of hydrogen-bond donors (Lipinski definition) is 0. The Labute approximate surface area is 298 Å². The highest BCUT2D eigenvalue weighted by atomic mass is 16.3. The molecule has 0 saturated heterocycles. The molecule has 0 N–H and O–H groups in total. The first-order valence-electron chi connectivity index (χ1n) is 17.9. The van der Waals surface area contributed by atoms with Gasteiger partial charge >= 0.3 is 0 Å². The van der Waals surface area contributed by atoms with E-state index >= 15 is 0 Å². The van der Waals surface area contributed by atoms with E-state index in [1.807, 2.05) is 0 Å². The van der Waals surface area contributed by atoms with Crippen molar-refractivity contribution >= 4 is 97.6 Å². The first kappa shape index (κ1) is 27.9. The number of hydrogen-bond acceptors (Lipinski definition) is 1. The highest BCUT2D eigenvalue weighted by Gasteiger charge is 2.25. The molecule has 0 spiro atoms. The van der Waals surface area contributed by atoms with E-state index in [4.69, 9.17) is 4.42 Å². The molecule has 0 saturated carbocycles. The fraction of sp³-hybridized carbons (Fsp3) is 0. The summed E-state index contributed by atoms with van der Waals surface area (Å²) in [4.78, 5) is 0. The molecule has 2 aromatic heterocycles. The second kappa shape index (κ2) is 10.3. The van der Waals surface area contributed by atoms with Crippen LogP contribution in [0.1, 0.15) is 0 Å². The lowest BCUT2D eigenvalue weighted by atomic mass is 9.89. The number of para-hydroxylation sites is 2. The Morgan fingerprint density at radius 3 is 1.75 bits per heavy atom. The van der Waals surface area contributed by atoms with Crippen molar-refractivity contribution in [3.8, 4) is 16.8 Å². The van der Waals surface area contributed by atoms with E-state index in [1.54, 1.807) is 0 Å². The van der Waals surface area contributed by atoms with E-state index in [9.17, 15) is 0 Å². The van der Waals surface area contributed by atoms with Gasteiger partial charge in [-0.05, 0) is 84.5 Å². The van der Waals surface area contributed by atoms with Crippen molar-refractivity contribution in [1.82, 2.24) is 4.57 Å². The van der Waals surface area contributed by atoms with Crippen molar-refractivity contribution in [2.24, 2.45) is 0 Å². The van der Waals surface area contributed by atoms with Crippen molar-refractivity contribution < 1.29 is 4.42 Å². The van der Waals surface area contributed by atoms with E-state index in [-0.39, 0.29) is 0 Å². The van der Waals surface area contributed by atoms with Crippen molar-refractivity contribution in [2.75, 3.05) is 0 Å². The largest absolute Gasteiger partial charge is 0.454 e. The van der Waals surface area contributed by atoms with Gasteiger partial charge in [-0.25, -0.2) is 0 Å². The molecule has 0 unspecified atom stereocenters. The molecule has 0 atom stereocenters. The number of fused-ring (bicyclic) bond motifs is 18. The van der Waals surface area contributed by atoms with Gasteiger partial charge in [0.1, 0.15) is 5.58 Å². The number of aromatic nitrogens is 1. The van der Waals surface area contributed by atoms with E-state index in [0.717, 1.165) is 33.3 Å². The summed E-state index contributed by atoms with van der Waals surface area (Å²) in [6, 6.07) is 64.1. The third-order valence-electron chi connectivity index (χ3n) is 11.3. The van der Waals surface area contributed by atoms with E-state index in [0.29, 0.717) is 0 Å². The van der Waals surface area contributed by atoms with Crippen molar-refractivity contribution in [2.45, 2.75) is 0 Å². The monoisotopic (exact) mass is 659 g/mol. The van der Waals surface area contributed by atoms with Gasteiger partial charge in [0.2, 0.25) is 0 Å². The molecular weight excluding hydrogens is 631 g/mol. The van der Waals surface area contributed by atoms with Crippen LogP contribution in [-0.4, -0.2) is 4.57 Å². The van der Waals surface area contributed by atoms with Crippen molar-refractivity contribution in [1.29, 1.82) is 0 Å². The predicted molar refractivity (Wildman–Crippen MR) is 221 cm³/mol. The number of benzene rings is 10. The van der Waals surface area contributed by atoms with E-state index in [1.165, 1.54) is 81.1 Å². The van der Waals surface area contributed by atoms with Gasteiger partial charge in [0.05, 0.1) is 11.0 Å². The van der Waals surface area contributed by atoms with Crippen LogP contribution in [0.5, 0.6) is 0 Å². The predicted octanol–water partition coefficient (Wildman–Crippen LogP) is 14.1. The molecule has 0 amide bonds. The average Bonchev–Trinajstić information content (AvgIpc) is 3.77. The fourth-order valence-corrected chi connectivity index (χ4v) is 9.11. The Morgan fingerprint density at radius 1 is 0.346 bits per heavy atom. The minimum Gasteiger partial charge on any atom is -0.454 e. The van der Waals surface area contributed by atoms with Gasteiger partial charge in [-0.15, -0.1) is 0 Å². The molecule has 0 bridgehead atoms.